The highest BCUT2D eigenvalue weighted by molar-refractivity contribution is 7.99. The molecule has 0 aliphatic carbocycles. The maximum atomic E-state index is 11.9. The number of carbonyl (C=O) groups excluding carboxylic acids is 2. The summed E-state index contributed by atoms with van der Waals surface area (Å²) < 4.78 is 0. The second-order valence-corrected chi connectivity index (χ2v) is 5.55. The van der Waals surface area contributed by atoms with E-state index in [0.29, 0.717) is 11.8 Å². The van der Waals surface area contributed by atoms with E-state index >= 15 is 0 Å². The van der Waals surface area contributed by atoms with Crippen LogP contribution in [0.25, 0.3) is 0 Å². The summed E-state index contributed by atoms with van der Waals surface area (Å²) in [6.07, 6.45) is 2.98. The first kappa shape index (κ1) is 13.4. The van der Waals surface area contributed by atoms with Gasteiger partial charge in [0.25, 0.3) is 0 Å². The van der Waals surface area contributed by atoms with Crippen LogP contribution in [0.4, 0.5) is 0 Å². The molecular formula is C11H20N2O2S. The van der Waals surface area contributed by atoms with Gasteiger partial charge in [-0.1, -0.05) is 6.92 Å². The molecule has 0 spiro atoms. The second kappa shape index (κ2) is 5.57. The molecule has 4 nitrogen and oxygen atoms in total. The average molecular weight is 244 g/mol. The molecule has 3 atom stereocenters. The fourth-order valence-electron chi connectivity index (χ4n) is 1.72. The first-order valence-corrected chi connectivity index (χ1v) is 6.89. The lowest BCUT2D eigenvalue weighted by atomic mass is 10.1. The number of nitrogens with zero attached hydrogens (tertiary/aromatic N) is 1. The maximum Gasteiger partial charge on any atom is 0.245 e. The zero-order valence-corrected chi connectivity index (χ0v) is 11.1. The first-order valence-electron chi connectivity index (χ1n) is 5.61. The molecule has 1 fully saturated rings. The summed E-state index contributed by atoms with van der Waals surface area (Å²) in [6.45, 7) is 6.31. The molecule has 1 aliphatic heterocycles. The molecule has 1 N–H and O–H groups in total. The Morgan fingerprint density at radius 3 is 2.62 bits per heavy atom. The van der Waals surface area contributed by atoms with E-state index in [-0.39, 0.29) is 23.9 Å². The normalized spacial score (nSPS) is 27.9. The summed E-state index contributed by atoms with van der Waals surface area (Å²) in [5, 5.41) is 3.19. The van der Waals surface area contributed by atoms with Gasteiger partial charge in [0, 0.05) is 11.8 Å². The van der Waals surface area contributed by atoms with Crippen molar-refractivity contribution in [3.05, 3.63) is 0 Å². The van der Waals surface area contributed by atoms with Gasteiger partial charge >= 0.3 is 0 Å². The van der Waals surface area contributed by atoms with Crippen LogP contribution in [-0.2, 0) is 9.59 Å². The van der Waals surface area contributed by atoms with Gasteiger partial charge in [-0.2, -0.15) is 11.8 Å². The van der Waals surface area contributed by atoms with Crippen molar-refractivity contribution in [1.82, 2.24) is 10.2 Å². The van der Waals surface area contributed by atoms with Crippen LogP contribution in [0.5, 0.6) is 0 Å². The Bertz CT molecular complexity index is 283. The Kier molecular flexibility index (Phi) is 4.65. The van der Waals surface area contributed by atoms with Gasteiger partial charge in [0.2, 0.25) is 11.8 Å². The summed E-state index contributed by atoms with van der Waals surface area (Å²) in [4.78, 5) is 25.1. The van der Waals surface area contributed by atoms with Crippen LogP contribution in [0.15, 0.2) is 0 Å². The number of rotatable bonds is 4. The lowest BCUT2D eigenvalue weighted by Gasteiger charge is -2.36. The molecule has 1 rings (SSSR count). The zero-order chi connectivity index (χ0) is 12.3. The molecule has 0 bridgehead atoms. The van der Waals surface area contributed by atoms with Gasteiger partial charge < -0.3 is 10.2 Å². The quantitative estimate of drug-likeness (QED) is 0.798. The molecule has 0 aromatic heterocycles. The maximum absolute atomic E-state index is 11.9. The van der Waals surface area contributed by atoms with Crippen LogP contribution in [0.1, 0.15) is 27.2 Å². The van der Waals surface area contributed by atoms with Gasteiger partial charge in [0.15, 0.2) is 0 Å². The highest BCUT2D eigenvalue weighted by atomic mass is 32.2. The van der Waals surface area contributed by atoms with Gasteiger partial charge in [0.05, 0.1) is 0 Å². The highest BCUT2D eigenvalue weighted by Crippen LogP contribution is 2.15. The Labute approximate surface area is 101 Å². The molecule has 0 aromatic rings. The smallest absolute Gasteiger partial charge is 0.245 e. The van der Waals surface area contributed by atoms with Crippen molar-refractivity contribution < 1.29 is 9.59 Å². The van der Waals surface area contributed by atoms with Crippen LogP contribution in [0.2, 0.25) is 0 Å². The number of nitrogens with one attached hydrogen (secondary N) is 1. The summed E-state index contributed by atoms with van der Waals surface area (Å²) in [5.41, 5.74) is 0. The number of piperazine rings is 1. The molecule has 0 saturated carbocycles. The van der Waals surface area contributed by atoms with Gasteiger partial charge in [0.1, 0.15) is 12.1 Å². The third kappa shape index (κ3) is 2.90. The van der Waals surface area contributed by atoms with Crippen molar-refractivity contribution in [3.63, 3.8) is 0 Å². The molecular weight excluding hydrogens is 224 g/mol. The van der Waals surface area contributed by atoms with E-state index < -0.39 is 0 Å². The second-order valence-electron chi connectivity index (χ2n) is 4.27. The minimum atomic E-state index is -0.381. The van der Waals surface area contributed by atoms with Gasteiger partial charge in [-0.15, -0.1) is 0 Å². The number of amides is 2. The minimum Gasteiger partial charge on any atom is -0.343 e. The summed E-state index contributed by atoms with van der Waals surface area (Å²) in [7, 11) is 0. The zero-order valence-electron chi connectivity index (χ0n) is 10.3. The van der Waals surface area contributed by atoms with Gasteiger partial charge in [-0.3, -0.25) is 9.59 Å². The lowest BCUT2D eigenvalue weighted by Crippen LogP contribution is -2.61. The Hall–Kier alpha value is -0.710. The predicted molar refractivity (Wildman–Crippen MR) is 66.4 cm³/mol. The van der Waals surface area contributed by atoms with Crippen LogP contribution >= 0.6 is 11.8 Å². The topological polar surface area (TPSA) is 49.4 Å². The molecule has 1 aliphatic rings. The van der Waals surface area contributed by atoms with Crippen molar-refractivity contribution in [2.24, 2.45) is 0 Å². The van der Waals surface area contributed by atoms with Crippen molar-refractivity contribution in [1.29, 1.82) is 0 Å². The highest BCUT2D eigenvalue weighted by Gasteiger charge is 2.35. The fourth-order valence-corrected chi connectivity index (χ4v) is 2.06. The summed E-state index contributed by atoms with van der Waals surface area (Å²) in [6, 6.07) is -0.717. The van der Waals surface area contributed by atoms with Crippen molar-refractivity contribution in [2.45, 2.75) is 44.5 Å². The van der Waals surface area contributed by atoms with E-state index in [1.165, 1.54) is 0 Å². The molecule has 0 aromatic carbocycles. The van der Waals surface area contributed by atoms with E-state index in [1.807, 2.05) is 0 Å². The van der Waals surface area contributed by atoms with E-state index in [1.54, 1.807) is 30.5 Å². The lowest BCUT2D eigenvalue weighted by molar-refractivity contribution is -0.148. The molecule has 5 heteroatoms. The number of thioether (sulfide) groups is 1. The molecule has 2 amide bonds. The van der Waals surface area contributed by atoms with E-state index in [0.717, 1.165) is 6.42 Å². The largest absolute Gasteiger partial charge is 0.343 e. The number of hydrogen-bond acceptors (Lipinski definition) is 3. The molecule has 1 saturated heterocycles. The molecule has 1 heterocycles. The monoisotopic (exact) mass is 244 g/mol. The fraction of sp³-hybridized carbons (Fsp3) is 0.818. The Balaban J connectivity index is 2.60. The average Bonchev–Trinajstić information content (AvgIpc) is 2.26. The van der Waals surface area contributed by atoms with Crippen LogP contribution in [0, 0.1) is 0 Å². The molecule has 92 valence electrons. The van der Waals surface area contributed by atoms with Gasteiger partial charge in [-0.25, -0.2) is 0 Å². The third-order valence-corrected chi connectivity index (χ3v) is 4.08. The Morgan fingerprint density at radius 2 is 2.06 bits per heavy atom. The van der Waals surface area contributed by atoms with Crippen LogP contribution in [-0.4, -0.2) is 46.8 Å². The molecule has 16 heavy (non-hydrogen) atoms. The van der Waals surface area contributed by atoms with Crippen LogP contribution < -0.4 is 5.32 Å². The van der Waals surface area contributed by atoms with E-state index in [2.05, 4.69) is 18.5 Å². The predicted octanol–water partition coefficient (Wildman–Crippen LogP) is 0.863. The summed E-state index contributed by atoms with van der Waals surface area (Å²) >= 11 is 1.78. The minimum absolute atomic E-state index is 0.0282. The van der Waals surface area contributed by atoms with Crippen molar-refractivity contribution >= 4 is 23.6 Å². The van der Waals surface area contributed by atoms with Crippen molar-refractivity contribution in [2.75, 3.05) is 12.8 Å². The third-order valence-electron chi connectivity index (χ3n) is 3.04. The van der Waals surface area contributed by atoms with Crippen molar-refractivity contribution in [3.8, 4) is 0 Å². The Morgan fingerprint density at radius 1 is 1.44 bits per heavy atom. The van der Waals surface area contributed by atoms with Crippen LogP contribution in [0.3, 0.4) is 0 Å². The number of carbonyl (C=O) groups is 2. The van der Waals surface area contributed by atoms with Gasteiger partial charge in [-0.05, 0) is 26.5 Å². The van der Waals surface area contributed by atoms with E-state index in [9.17, 15) is 9.59 Å². The SMILES string of the molecule is CSC(C)CCN1C(=O)C(C)NC(=O)C1C. The standard InChI is InChI=1S/C11H20N2O2S/c1-7(16-4)5-6-13-9(3)10(14)12-8(2)11(13)15/h7-9H,5-6H2,1-4H3,(H,12,14). The summed E-state index contributed by atoms with van der Waals surface area (Å²) in [5.74, 6) is -0.0238. The molecule has 0 radical (unpaired) electrons. The number of hydrogen-bond donors (Lipinski definition) is 1. The first-order chi connectivity index (χ1) is 7.47. The molecule has 3 unspecified atom stereocenters. The van der Waals surface area contributed by atoms with E-state index in [4.69, 9.17) is 0 Å².